The number of aliphatic carboxylic acids is 1. The summed E-state index contributed by atoms with van der Waals surface area (Å²) in [6, 6.07) is 17.9. The molecule has 0 aromatic heterocycles. The molecule has 0 radical (unpaired) electrons. The molecule has 0 aliphatic carbocycles. The van der Waals surface area contributed by atoms with Crippen LogP contribution in [-0.4, -0.2) is 64.3 Å². The summed E-state index contributed by atoms with van der Waals surface area (Å²) in [6.45, 7) is 1.08. The molecule has 1 aliphatic rings. The van der Waals surface area contributed by atoms with Gasteiger partial charge in [-0.2, -0.15) is 0 Å². The number of thioether (sulfide) groups is 1. The van der Waals surface area contributed by atoms with Gasteiger partial charge in [-0.05, 0) is 6.07 Å². The molecule has 33 heavy (non-hydrogen) atoms. The first-order valence-corrected chi connectivity index (χ1v) is 11.8. The van der Waals surface area contributed by atoms with Crippen molar-refractivity contribution in [2.75, 3.05) is 19.5 Å². The van der Waals surface area contributed by atoms with E-state index >= 15 is 0 Å². The number of rotatable bonds is 4. The first-order valence-electron chi connectivity index (χ1n) is 10.0. The number of nitrogens with one attached hydrogen (secondary N) is 1. The quantitative estimate of drug-likeness (QED) is 0.440. The van der Waals surface area contributed by atoms with Gasteiger partial charge < -0.3 is 9.84 Å². The van der Waals surface area contributed by atoms with Gasteiger partial charge in [0.2, 0.25) is 0 Å². The summed E-state index contributed by atoms with van der Waals surface area (Å²) in [6.07, 6.45) is 1.82. The maximum atomic E-state index is 12.4. The van der Waals surface area contributed by atoms with Crippen molar-refractivity contribution in [1.82, 2.24) is 0 Å². The maximum absolute atomic E-state index is 12.4. The van der Waals surface area contributed by atoms with Gasteiger partial charge in [0.05, 0.1) is 14.2 Å². The third kappa shape index (κ3) is 6.61. The molecule has 0 atom stereocenters. The number of carbonyl (C=O) groups excluding carboxylic acids is 1. The predicted octanol–water partition coefficient (Wildman–Crippen LogP) is 3.82. The molecule has 4 rings (SSSR count). The number of carboxylic acid groups (broad SMARTS) is 1. The van der Waals surface area contributed by atoms with Gasteiger partial charge >= 0.3 is 143 Å². The van der Waals surface area contributed by atoms with E-state index in [1.807, 2.05) is 48.5 Å². The van der Waals surface area contributed by atoms with Crippen molar-refractivity contribution in [2.24, 2.45) is 4.99 Å². The summed E-state index contributed by atoms with van der Waals surface area (Å²) in [4.78, 5) is 26.1. The van der Waals surface area contributed by atoms with Crippen LogP contribution in [0.4, 0.5) is 5.69 Å². The van der Waals surface area contributed by atoms with Crippen LogP contribution in [0.1, 0.15) is 12.5 Å². The number of carbonyl (C=O) groups is 2. The molecule has 0 spiro atoms. The van der Waals surface area contributed by atoms with Crippen LogP contribution in [0.2, 0.25) is 0 Å². The summed E-state index contributed by atoms with van der Waals surface area (Å²) in [5.74, 6) is 0.360. The van der Waals surface area contributed by atoms with E-state index in [1.54, 1.807) is 14.2 Å². The fourth-order valence-electron chi connectivity index (χ4n) is 3.13. The second-order valence-electron chi connectivity index (χ2n) is 7.12. The van der Waals surface area contributed by atoms with Crippen molar-refractivity contribution >= 4 is 82.1 Å². The number of benzene rings is 3. The Labute approximate surface area is 213 Å². The number of fused-ring (bicyclic) bond motifs is 1. The third-order valence-electron chi connectivity index (χ3n) is 4.62. The first kappa shape index (κ1) is 24.9. The summed E-state index contributed by atoms with van der Waals surface area (Å²) >= 11 is 2.33. The van der Waals surface area contributed by atoms with E-state index in [-0.39, 0.29) is 5.91 Å². The molecule has 0 fully saturated rings. The summed E-state index contributed by atoms with van der Waals surface area (Å²) < 4.78 is 12.3. The molecule has 2 N–H and O–H groups in total. The Balaban J connectivity index is 0.000000709. The number of amides is 1. The van der Waals surface area contributed by atoms with Crippen LogP contribution in [0.3, 0.4) is 0 Å². The zero-order chi connectivity index (χ0) is 24.0. The second-order valence-corrected chi connectivity index (χ2v) is 9.30. The summed E-state index contributed by atoms with van der Waals surface area (Å²) in [7, 11) is 3.26. The Bertz CT molecular complexity index is 1250. The van der Waals surface area contributed by atoms with Crippen LogP contribution < -0.4 is 17.6 Å². The number of carboxylic acids is 1. The standard InChI is InChI=1S/C22H17N2O3S.C2H4O2.Na/c1-26-18-10-6-7-14-11-15(19(27-2)13-17(14)18)12-20-21(25)24-22(28-20)23-16-8-4-3-5-9-16;1-2(3)4;/h4-13H,1-2H3,(H,23,24,25);1H3,(H,3,4);/b20-12+;;. The minimum atomic E-state index is -0.833. The van der Waals surface area contributed by atoms with Gasteiger partial charge in [-0.1, -0.05) is 12.1 Å². The molecule has 0 saturated carbocycles. The molecule has 0 bridgehead atoms. The summed E-state index contributed by atoms with van der Waals surface area (Å²) in [5, 5.41) is 13.2. The van der Waals surface area contributed by atoms with Gasteiger partial charge in [-0.25, -0.2) is 0 Å². The molecule has 1 aliphatic heterocycles. The van der Waals surface area contributed by atoms with E-state index in [2.05, 4.69) is 22.4 Å². The zero-order valence-electron chi connectivity index (χ0n) is 18.7. The number of methoxy groups -OCH3 is 2. The topological polar surface area (TPSA) is 97.2 Å². The number of anilines is 1. The van der Waals surface area contributed by atoms with E-state index in [1.165, 1.54) is 14.6 Å². The molecule has 164 valence electrons. The van der Waals surface area contributed by atoms with Crippen LogP contribution in [0, 0.1) is 0 Å². The van der Waals surface area contributed by atoms with Crippen LogP contribution in [0.25, 0.3) is 16.8 Å². The van der Waals surface area contributed by atoms with E-state index < -0.39 is 5.97 Å². The first-order chi connectivity index (χ1) is 15.8. The fraction of sp³-hybridized carbons (Fsp3) is 0.125. The number of ether oxygens (including phenoxy) is 2. The number of amidine groups is 1. The molecule has 7 nitrogen and oxygen atoms in total. The Morgan fingerprint density at radius 3 is 2.39 bits per heavy atom. The van der Waals surface area contributed by atoms with Gasteiger partial charge in [0.1, 0.15) is 5.75 Å². The van der Waals surface area contributed by atoms with Crippen molar-refractivity contribution in [2.45, 2.75) is 6.92 Å². The molecule has 0 saturated heterocycles. The normalized spacial score (nSPS) is 13.9. The second kappa shape index (κ2) is 11.4. The molecule has 1 heterocycles. The summed E-state index contributed by atoms with van der Waals surface area (Å²) in [5.41, 5.74) is 1.74. The molecule has 3 aromatic rings. The van der Waals surface area contributed by atoms with Crippen LogP contribution in [0.15, 0.2) is 64.5 Å². The Morgan fingerprint density at radius 2 is 1.76 bits per heavy atom. The number of aliphatic imine (C=N–C) groups is 1. The predicted molar refractivity (Wildman–Crippen MR) is 134 cm³/mol. The van der Waals surface area contributed by atoms with Crippen molar-refractivity contribution in [3.05, 3.63) is 65.1 Å². The van der Waals surface area contributed by atoms with Gasteiger partial charge in [0.25, 0.3) is 5.97 Å². The van der Waals surface area contributed by atoms with Crippen molar-refractivity contribution in [3.8, 4) is 11.5 Å². The van der Waals surface area contributed by atoms with E-state index in [0.717, 1.165) is 62.6 Å². The Morgan fingerprint density at radius 1 is 1.09 bits per heavy atom. The van der Waals surface area contributed by atoms with Crippen molar-refractivity contribution in [1.29, 1.82) is 0 Å². The molecule has 1 amide bonds. The van der Waals surface area contributed by atoms with Gasteiger partial charge in [0.15, 0.2) is 0 Å². The monoisotopic (exact) mass is 472 g/mol. The number of hydrogen-bond acceptors (Lipinski definition) is 6. The number of hydrogen-bond donors (Lipinski definition) is 2. The molecule has 0 unspecified atom stereocenters. The molecular weight excluding hydrogens is 451 g/mol. The van der Waals surface area contributed by atoms with Crippen LogP contribution >= 0.6 is 11.8 Å². The average Bonchev–Trinajstić information content (AvgIpc) is 3.12. The van der Waals surface area contributed by atoms with E-state index in [4.69, 9.17) is 19.4 Å². The van der Waals surface area contributed by atoms with Gasteiger partial charge in [-0.15, -0.1) is 0 Å². The molecular formula is C24H21N2NaO5S. The van der Waals surface area contributed by atoms with Gasteiger partial charge in [-0.3, -0.25) is 4.79 Å². The number of nitrogens with zero attached hydrogens (tertiary/aromatic N) is 1. The van der Waals surface area contributed by atoms with Crippen molar-refractivity contribution < 1.29 is 24.2 Å². The van der Waals surface area contributed by atoms with Gasteiger partial charge in [0, 0.05) is 12.3 Å². The van der Waals surface area contributed by atoms with Crippen LogP contribution in [-0.2, 0) is 9.59 Å². The average molecular weight is 472 g/mol. The molecule has 9 heteroatoms. The van der Waals surface area contributed by atoms with Crippen LogP contribution in [0.5, 0.6) is 11.5 Å². The SMILES string of the molecule is CC(=O)O.COc1cc2c(OC)cccc2cc1/C=C1/SC(Nc2cc[c]([Na])cc2)=NC1=O. The van der Waals surface area contributed by atoms with E-state index in [0.29, 0.717) is 15.8 Å². The fourth-order valence-corrected chi connectivity index (χ4v) is 4.28. The zero-order valence-corrected chi connectivity index (χ0v) is 21.5. The molecule has 3 aromatic carbocycles. The van der Waals surface area contributed by atoms with Crippen molar-refractivity contribution in [3.63, 3.8) is 0 Å². The third-order valence-corrected chi connectivity index (χ3v) is 6.19. The van der Waals surface area contributed by atoms with E-state index in [9.17, 15) is 4.79 Å². The minimum absolute atomic E-state index is 0.259. The Hall–Kier alpha value is -2.78. The Kier molecular flexibility index (Phi) is 8.57.